The Morgan fingerprint density at radius 3 is 2.67 bits per heavy atom. The van der Waals surface area contributed by atoms with Crippen LogP contribution in [0.1, 0.15) is 32.6 Å². The molecule has 1 aromatic rings. The van der Waals surface area contributed by atoms with Crippen LogP contribution in [0.25, 0.3) is 0 Å². The van der Waals surface area contributed by atoms with Gasteiger partial charge in [0.2, 0.25) is 5.91 Å². The third kappa shape index (κ3) is 6.16. The normalized spacial score (nSPS) is 20.8. The van der Waals surface area contributed by atoms with Gasteiger partial charge in [0, 0.05) is 43.4 Å². The molecule has 0 radical (unpaired) electrons. The third-order valence-corrected chi connectivity index (χ3v) is 6.47. The van der Waals surface area contributed by atoms with Crippen LogP contribution in [-0.4, -0.2) is 66.7 Å². The van der Waals surface area contributed by atoms with Gasteiger partial charge in [-0.25, -0.2) is 4.99 Å². The van der Waals surface area contributed by atoms with E-state index < -0.39 is 0 Å². The van der Waals surface area contributed by atoms with Crippen LogP contribution in [0.4, 0.5) is 0 Å². The number of aliphatic imine (C=N–C) groups is 1. The zero-order valence-corrected chi connectivity index (χ0v) is 17.2. The number of thioether (sulfide) groups is 1. The van der Waals surface area contributed by atoms with E-state index in [-0.39, 0.29) is 12.5 Å². The van der Waals surface area contributed by atoms with Crippen molar-refractivity contribution in [2.45, 2.75) is 37.5 Å². The molecule has 0 saturated carbocycles. The Morgan fingerprint density at radius 2 is 1.93 bits per heavy atom. The van der Waals surface area contributed by atoms with Crippen LogP contribution in [0.3, 0.4) is 0 Å². The van der Waals surface area contributed by atoms with Gasteiger partial charge < -0.3 is 15.1 Å². The first-order valence-electron chi connectivity index (χ1n) is 10.2. The highest BCUT2D eigenvalue weighted by Crippen LogP contribution is 2.25. The first kappa shape index (κ1) is 20.1. The number of benzene rings is 1. The van der Waals surface area contributed by atoms with E-state index in [0.717, 1.165) is 57.3 Å². The van der Waals surface area contributed by atoms with Crippen LogP contribution in [0.2, 0.25) is 0 Å². The molecule has 2 heterocycles. The molecule has 2 saturated heterocycles. The number of rotatable bonds is 6. The van der Waals surface area contributed by atoms with Crippen LogP contribution in [0.15, 0.2) is 40.2 Å². The number of amides is 1. The van der Waals surface area contributed by atoms with Gasteiger partial charge in [0.05, 0.1) is 0 Å². The molecule has 1 aromatic carbocycles. The zero-order valence-electron chi connectivity index (χ0n) is 16.4. The summed E-state index contributed by atoms with van der Waals surface area (Å²) in [5.74, 6) is 2.86. The van der Waals surface area contributed by atoms with Crippen LogP contribution in [0, 0.1) is 5.92 Å². The monoisotopic (exact) mass is 388 g/mol. The van der Waals surface area contributed by atoms with Gasteiger partial charge in [-0.3, -0.25) is 4.79 Å². The number of carbonyl (C=O) groups excluding carboxylic acids is 1. The molecule has 5 nitrogen and oxygen atoms in total. The molecular weight excluding hydrogens is 356 g/mol. The Kier molecular flexibility index (Phi) is 7.87. The van der Waals surface area contributed by atoms with E-state index in [1.54, 1.807) is 0 Å². The second-order valence-electron chi connectivity index (χ2n) is 7.34. The van der Waals surface area contributed by atoms with Gasteiger partial charge in [0.15, 0.2) is 5.96 Å². The maximum absolute atomic E-state index is 12.4. The van der Waals surface area contributed by atoms with Gasteiger partial charge >= 0.3 is 0 Å². The summed E-state index contributed by atoms with van der Waals surface area (Å²) >= 11 is 1.93. The lowest BCUT2D eigenvalue weighted by Gasteiger charge is -2.26. The summed E-state index contributed by atoms with van der Waals surface area (Å²) in [4.78, 5) is 22.7. The summed E-state index contributed by atoms with van der Waals surface area (Å²) in [6.07, 6.45) is 4.68. The second kappa shape index (κ2) is 10.6. The van der Waals surface area contributed by atoms with Gasteiger partial charge in [-0.2, -0.15) is 0 Å². The molecule has 6 heteroatoms. The Balaban J connectivity index is 1.49. The molecule has 0 spiro atoms. The van der Waals surface area contributed by atoms with Crippen molar-refractivity contribution >= 4 is 23.6 Å². The molecule has 3 rings (SSSR count). The molecule has 0 bridgehead atoms. The van der Waals surface area contributed by atoms with Crippen LogP contribution < -0.4 is 5.32 Å². The molecule has 1 atom stereocenters. The molecule has 2 aliphatic rings. The van der Waals surface area contributed by atoms with E-state index in [4.69, 9.17) is 0 Å². The number of guanidine groups is 1. The first-order valence-corrected chi connectivity index (χ1v) is 11.2. The van der Waals surface area contributed by atoms with E-state index in [9.17, 15) is 4.79 Å². The molecule has 0 aliphatic carbocycles. The third-order valence-electron chi connectivity index (χ3n) is 5.22. The Labute approximate surface area is 167 Å². The lowest BCUT2D eigenvalue weighted by molar-refractivity contribution is -0.130. The summed E-state index contributed by atoms with van der Waals surface area (Å²) in [6.45, 7) is 7.01. The lowest BCUT2D eigenvalue weighted by Crippen LogP contribution is -2.42. The highest BCUT2D eigenvalue weighted by molar-refractivity contribution is 7.99. The van der Waals surface area contributed by atoms with Gasteiger partial charge in [-0.15, -0.1) is 11.8 Å². The summed E-state index contributed by atoms with van der Waals surface area (Å²) in [7, 11) is 0. The maximum atomic E-state index is 12.4. The number of hydrogen-bond donors (Lipinski definition) is 1. The molecule has 0 aromatic heterocycles. The van der Waals surface area contributed by atoms with Crippen molar-refractivity contribution in [2.75, 3.05) is 45.0 Å². The predicted octanol–water partition coefficient (Wildman–Crippen LogP) is 3.08. The minimum atomic E-state index is 0.167. The van der Waals surface area contributed by atoms with E-state index in [2.05, 4.69) is 52.5 Å². The molecule has 27 heavy (non-hydrogen) atoms. The smallest absolute Gasteiger partial charge is 0.244 e. The molecule has 2 aliphatic heterocycles. The average Bonchev–Trinajstić information content (AvgIpc) is 3.19. The molecule has 1 amide bonds. The van der Waals surface area contributed by atoms with Gasteiger partial charge in [0.1, 0.15) is 6.54 Å². The van der Waals surface area contributed by atoms with E-state index in [0.29, 0.717) is 5.92 Å². The van der Waals surface area contributed by atoms with E-state index in [1.165, 1.54) is 17.7 Å². The SMILES string of the molecule is CCNC(=NCC(=O)N1CCCCC1)N1CCC(CSc2ccccc2)C1. The molecule has 1 unspecified atom stereocenters. The second-order valence-corrected chi connectivity index (χ2v) is 8.43. The van der Waals surface area contributed by atoms with Gasteiger partial charge in [-0.05, 0) is 50.7 Å². The van der Waals surface area contributed by atoms with Gasteiger partial charge in [-0.1, -0.05) is 18.2 Å². The van der Waals surface area contributed by atoms with Crippen LogP contribution >= 0.6 is 11.8 Å². The van der Waals surface area contributed by atoms with Crippen molar-refractivity contribution in [1.29, 1.82) is 0 Å². The summed E-state index contributed by atoms with van der Waals surface area (Å²) in [6, 6.07) is 10.6. The Hall–Kier alpha value is -1.69. The number of piperidine rings is 1. The largest absolute Gasteiger partial charge is 0.357 e. The topological polar surface area (TPSA) is 47.9 Å². The highest BCUT2D eigenvalue weighted by atomic mass is 32.2. The Bertz CT molecular complexity index is 616. The average molecular weight is 389 g/mol. The van der Waals surface area contributed by atoms with Crippen molar-refractivity contribution < 1.29 is 4.79 Å². The van der Waals surface area contributed by atoms with Crippen LogP contribution in [-0.2, 0) is 4.79 Å². The summed E-state index contributed by atoms with van der Waals surface area (Å²) < 4.78 is 0. The van der Waals surface area contributed by atoms with E-state index in [1.807, 2.05) is 16.7 Å². The molecule has 2 fully saturated rings. The van der Waals surface area contributed by atoms with Crippen LogP contribution in [0.5, 0.6) is 0 Å². The van der Waals surface area contributed by atoms with Crippen molar-refractivity contribution in [3.05, 3.63) is 30.3 Å². The number of hydrogen-bond acceptors (Lipinski definition) is 3. The van der Waals surface area contributed by atoms with Crippen molar-refractivity contribution in [3.8, 4) is 0 Å². The van der Waals surface area contributed by atoms with Gasteiger partial charge in [0.25, 0.3) is 0 Å². The number of likely N-dealkylation sites (tertiary alicyclic amines) is 2. The summed E-state index contributed by atoms with van der Waals surface area (Å²) in [5.41, 5.74) is 0. The predicted molar refractivity (Wildman–Crippen MR) is 113 cm³/mol. The maximum Gasteiger partial charge on any atom is 0.244 e. The molecular formula is C21H32N4OS. The molecule has 148 valence electrons. The fraction of sp³-hybridized carbons (Fsp3) is 0.619. The number of carbonyl (C=O) groups is 1. The summed E-state index contributed by atoms with van der Waals surface area (Å²) in [5, 5.41) is 3.38. The lowest BCUT2D eigenvalue weighted by atomic mass is 10.1. The highest BCUT2D eigenvalue weighted by Gasteiger charge is 2.25. The molecule has 1 N–H and O–H groups in total. The number of nitrogens with zero attached hydrogens (tertiary/aromatic N) is 3. The van der Waals surface area contributed by atoms with Crippen molar-refractivity contribution in [1.82, 2.24) is 15.1 Å². The standard InChI is InChI=1S/C21H32N4OS/c1-2-22-21(23-15-20(26)24-12-7-4-8-13-24)25-14-11-18(16-25)17-27-19-9-5-3-6-10-19/h3,5-6,9-10,18H,2,4,7-8,11-17H2,1H3,(H,22,23). The van der Waals surface area contributed by atoms with Crippen molar-refractivity contribution in [3.63, 3.8) is 0 Å². The first-order chi connectivity index (χ1) is 13.3. The fourth-order valence-corrected chi connectivity index (χ4v) is 4.75. The van der Waals surface area contributed by atoms with Crippen molar-refractivity contribution in [2.24, 2.45) is 10.9 Å². The number of nitrogens with one attached hydrogen (secondary N) is 1. The quantitative estimate of drug-likeness (QED) is 0.462. The zero-order chi connectivity index (χ0) is 18.9. The fourth-order valence-electron chi connectivity index (χ4n) is 3.70. The van der Waals surface area contributed by atoms with E-state index >= 15 is 0 Å². The minimum Gasteiger partial charge on any atom is -0.357 e. The Morgan fingerprint density at radius 1 is 1.15 bits per heavy atom. The minimum absolute atomic E-state index is 0.167.